The summed E-state index contributed by atoms with van der Waals surface area (Å²) in [6.07, 6.45) is 6.25. The maximum absolute atomic E-state index is 4.34. The summed E-state index contributed by atoms with van der Waals surface area (Å²) >= 11 is 0. The molecule has 1 heterocycles. The van der Waals surface area contributed by atoms with Crippen LogP contribution in [0.15, 0.2) is 23.2 Å². The van der Waals surface area contributed by atoms with Crippen LogP contribution in [0.1, 0.15) is 30.7 Å². The first-order chi connectivity index (χ1) is 7.36. The fourth-order valence-electron chi connectivity index (χ4n) is 0.982. The molecule has 3 nitrogen and oxygen atoms in total. The van der Waals surface area contributed by atoms with Crippen LogP contribution < -0.4 is 5.32 Å². The Morgan fingerprint density at radius 1 is 1.40 bits per heavy atom. The van der Waals surface area contributed by atoms with Gasteiger partial charge in [-0.2, -0.15) is 0 Å². The summed E-state index contributed by atoms with van der Waals surface area (Å²) in [6.45, 7) is 0.797. The van der Waals surface area contributed by atoms with Gasteiger partial charge in [0, 0.05) is 19.8 Å². The Morgan fingerprint density at radius 3 is 2.67 bits per heavy atom. The van der Waals surface area contributed by atoms with E-state index in [-0.39, 0.29) is 0 Å². The highest BCUT2D eigenvalue weighted by Gasteiger charge is 1.95. The third-order valence-electron chi connectivity index (χ3n) is 1.80. The predicted octanol–water partition coefficient (Wildman–Crippen LogP) is 2.02. The van der Waals surface area contributed by atoms with Crippen LogP contribution in [-0.2, 0) is 6.54 Å². The molecule has 0 saturated heterocycles. The third kappa shape index (κ3) is 5.96. The van der Waals surface area contributed by atoms with E-state index in [4.69, 9.17) is 0 Å². The number of aliphatic imine (C=N–C) groups is 1. The Bertz CT molecular complexity index is 303. The number of hydrogen-bond acceptors (Lipinski definition) is 3. The highest BCUT2D eigenvalue weighted by molar-refractivity contribution is 5.76. The molecule has 0 spiro atoms. The summed E-state index contributed by atoms with van der Waals surface area (Å²) in [4.78, 5) is 8.24. The van der Waals surface area contributed by atoms with E-state index < -0.39 is 0 Å². The zero-order valence-corrected chi connectivity index (χ0v) is 9.53. The van der Waals surface area contributed by atoms with Crippen LogP contribution in [0.3, 0.4) is 0 Å². The molecule has 1 aromatic rings. The first kappa shape index (κ1) is 11.9. The summed E-state index contributed by atoms with van der Waals surface area (Å²) in [7, 11) is 3.65. The fraction of sp³-hybridized carbons (Fsp3) is 0.500. The zero-order valence-electron chi connectivity index (χ0n) is 9.53. The molecule has 1 aliphatic carbocycles. The van der Waals surface area contributed by atoms with Gasteiger partial charge in [0.25, 0.3) is 0 Å². The Hall–Kier alpha value is -1.22. The second-order valence-electron chi connectivity index (χ2n) is 3.53. The third-order valence-corrected chi connectivity index (χ3v) is 1.80. The van der Waals surface area contributed by atoms with Gasteiger partial charge in [-0.3, -0.25) is 9.98 Å². The van der Waals surface area contributed by atoms with Gasteiger partial charge < -0.3 is 5.32 Å². The summed E-state index contributed by atoms with van der Waals surface area (Å²) in [5.74, 6) is 0. The fourth-order valence-corrected chi connectivity index (χ4v) is 0.982. The van der Waals surface area contributed by atoms with Crippen molar-refractivity contribution in [3.05, 3.63) is 29.6 Å². The second-order valence-corrected chi connectivity index (χ2v) is 3.53. The van der Waals surface area contributed by atoms with Crippen LogP contribution in [0.2, 0.25) is 0 Å². The molecule has 0 atom stereocenters. The van der Waals surface area contributed by atoms with Gasteiger partial charge in [-0.1, -0.05) is 25.3 Å². The molecular weight excluding hydrogens is 186 g/mol. The molecule has 0 bridgehead atoms. The van der Waals surface area contributed by atoms with Gasteiger partial charge >= 0.3 is 0 Å². The first-order valence-electron chi connectivity index (χ1n) is 5.39. The Balaban J connectivity index is 0.000000319. The number of nitrogens with one attached hydrogen (secondary N) is 1. The van der Waals surface area contributed by atoms with Crippen LogP contribution >= 0.6 is 0 Å². The monoisotopic (exact) mass is 205 g/mol. The number of hydrogen-bond donors (Lipinski definition) is 1. The van der Waals surface area contributed by atoms with E-state index in [1.165, 1.54) is 19.3 Å². The lowest BCUT2D eigenvalue weighted by Crippen LogP contribution is -2.07. The summed E-state index contributed by atoms with van der Waals surface area (Å²) in [5, 5.41) is 3.05. The van der Waals surface area contributed by atoms with Crippen molar-refractivity contribution in [3.63, 3.8) is 0 Å². The molecule has 0 amide bonds. The van der Waals surface area contributed by atoms with Crippen molar-refractivity contribution >= 4 is 6.21 Å². The SMILES string of the molecule is C1CC1.CN=Cc1cccc(CNC)n1. The maximum atomic E-state index is 4.34. The summed E-state index contributed by atoms with van der Waals surface area (Å²) in [6, 6.07) is 5.91. The lowest BCUT2D eigenvalue weighted by molar-refractivity contribution is 0.790. The molecular formula is C12H19N3. The van der Waals surface area contributed by atoms with Gasteiger partial charge in [0.2, 0.25) is 0 Å². The van der Waals surface area contributed by atoms with Crippen molar-refractivity contribution in [3.8, 4) is 0 Å². The van der Waals surface area contributed by atoms with E-state index in [1.54, 1.807) is 13.3 Å². The van der Waals surface area contributed by atoms with Crippen LogP contribution in [0, 0.1) is 0 Å². The minimum absolute atomic E-state index is 0.797. The number of pyridine rings is 1. The average molecular weight is 205 g/mol. The maximum Gasteiger partial charge on any atom is 0.0811 e. The van der Waals surface area contributed by atoms with Crippen molar-refractivity contribution in [1.29, 1.82) is 0 Å². The average Bonchev–Trinajstić information content (AvgIpc) is 3.06. The van der Waals surface area contributed by atoms with Crippen molar-refractivity contribution in [2.45, 2.75) is 25.8 Å². The van der Waals surface area contributed by atoms with Crippen molar-refractivity contribution in [2.24, 2.45) is 4.99 Å². The lowest BCUT2D eigenvalue weighted by atomic mass is 10.3. The standard InChI is InChI=1S/C9H13N3.C3H6/c1-10-6-8-4-3-5-9(12-8)7-11-2;1-2-3-1/h3-6,11H,7H2,1-2H3;1-3H2. The normalized spacial score (nSPS) is 13.5. The zero-order chi connectivity index (χ0) is 10.9. The lowest BCUT2D eigenvalue weighted by Gasteiger charge is -1.99. The van der Waals surface area contributed by atoms with Crippen LogP contribution in [-0.4, -0.2) is 25.3 Å². The highest BCUT2D eigenvalue weighted by atomic mass is 14.9. The van der Waals surface area contributed by atoms with E-state index in [0.717, 1.165) is 17.9 Å². The summed E-state index contributed by atoms with van der Waals surface area (Å²) < 4.78 is 0. The molecule has 0 aliphatic heterocycles. The van der Waals surface area contributed by atoms with Crippen LogP contribution in [0.5, 0.6) is 0 Å². The van der Waals surface area contributed by atoms with Gasteiger partial charge in [-0.05, 0) is 19.2 Å². The minimum atomic E-state index is 0.797. The predicted molar refractivity (Wildman–Crippen MR) is 64.4 cm³/mol. The molecule has 0 aromatic carbocycles. The largest absolute Gasteiger partial charge is 0.314 e. The Labute approximate surface area is 91.7 Å². The van der Waals surface area contributed by atoms with Gasteiger partial charge in [-0.25, -0.2) is 0 Å². The van der Waals surface area contributed by atoms with Gasteiger partial charge in [0.05, 0.1) is 11.4 Å². The molecule has 1 aliphatic rings. The topological polar surface area (TPSA) is 37.3 Å². The smallest absolute Gasteiger partial charge is 0.0811 e. The van der Waals surface area contributed by atoms with Crippen molar-refractivity contribution < 1.29 is 0 Å². The molecule has 0 radical (unpaired) electrons. The molecule has 82 valence electrons. The molecule has 0 unspecified atom stereocenters. The van der Waals surface area contributed by atoms with Gasteiger partial charge in [0.1, 0.15) is 0 Å². The molecule has 2 rings (SSSR count). The minimum Gasteiger partial charge on any atom is -0.314 e. The van der Waals surface area contributed by atoms with E-state index in [9.17, 15) is 0 Å². The van der Waals surface area contributed by atoms with Gasteiger partial charge in [0.15, 0.2) is 0 Å². The number of aromatic nitrogens is 1. The number of nitrogens with zero attached hydrogens (tertiary/aromatic N) is 2. The molecule has 1 saturated carbocycles. The van der Waals surface area contributed by atoms with Crippen LogP contribution in [0.25, 0.3) is 0 Å². The highest BCUT2D eigenvalue weighted by Crippen LogP contribution is 2.14. The molecule has 15 heavy (non-hydrogen) atoms. The summed E-state index contributed by atoms with van der Waals surface area (Å²) in [5.41, 5.74) is 1.94. The van der Waals surface area contributed by atoms with Crippen molar-refractivity contribution in [2.75, 3.05) is 14.1 Å². The molecule has 3 heteroatoms. The van der Waals surface area contributed by atoms with E-state index in [0.29, 0.717) is 0 Å². The Morgan fingerprint density at radius 2 is 2.13 bits per heavy atom. The number of rotatable bonds is 3. The first-order valence-corrected chi connectivity index (χ1v) is 5.39. The quantitative estimate of drug-likeness (QED) is 0.766. The van der Waals surface area contributed by atoms with E-state index in [2.05, 4.69) is 15.3 Å². The Kier molecular flexibility index (Phi) is 5.63. The van der Waals surface area contributed by atoms with Crippen molar-refractivity contribution in [1.82, 2.24) is 10.3 Å². The molecule has 1 aromatic heterocycles. The molecule has 1 fully saturated rings. The second kappa shape index (κ2) is 7.12. The van der Waals surface area contributed by atoms with E-state index in [1.807, 2.05) is 25.2 Å². The van der Waals surface area contributed by atoms with Gasteiger partial charge in [-0.15, -0.1) is 0 Å². The van der Waals surface area contributed by atoms with Crippen LogP contribution in [0.4, 0.5) is 0 Å². The molecule has 1 N–H and O–H groups in total. The van der Waals surface area contributed by atoms with E-state index >= 15 is 0 Å².